The van der Waals surface area contributed by atoms with Gasteiger partial charge in [0.25, 0.3) is 5.91 Å². The second kappa shape index (κ2) is 9.70. The lowest BCUT2D eigenvalue weighted by molar-refractivity contribution is -0.140. The highest BCUT2D eigenvalue weighted by Crippen LogP contribution is 2.31. The van der Waals surface area contributed by atoms with E-state index in [0.717, 1.165) is 43.3 Å². The van der Waals surface area contributed by atoms with E-state index < -0.39 is 23.5 Å². The number of hydrogen-bond acceptors (Lipinski definition) is 5. The normalized spacial score (nSPS) is 18.8. The number of aryl methyl sites for hydroxylation is 1. The second-order valence-electron chi connectivity index (χ2n) is 8.35. The van der Waals surface area contributed by atoms with Crippen LogP contribution >= 0.6 is 0 Å². The first-order chi connectivity index (χ1) is 15.0. The molecule has 1 aliphatic carbocycles. The Labute approximate surface area is 184 Å². The van der Waals surface area contributed by atoms with Crippen molar-refractivity contribution in [3.05, 3.63) is 46.9 Å². The lowest BCUT2D eigenvalue weighted by Crippen LogP contribution is -2.34. The van der Waals surface area contributed by atoms with Gasteiger partial charge in [0.2, 0.25) is 5.95 Å². The van der Waals surface area contributed by atoms with Crippen molar-refractivity contribution in [3.8, 4) is 0 Å². The summed E-state index contributed by atoms with van der Waals surface area (Å²) < 4.78 is 51.7. The number of rotatable bonds is 6. The predicted octanol–water partition coefficient (Wildman–Crippen LogP) is 4.41. The highest BCUT2D eigenvalue weighted by molar-refractivity contribution is 5.94. The average Bonchev–Trinajstić information content (AvgIpc) is 2.71. The van der Waals surface area contributed by atoms with Gasteiger partial charge in [0, 0.05) is 44.0 Å². The molecule has 1 aromatic carbocycles. The summed E-state index contributed by atoms with van der Waals surface area (Å²) >= 11 is 0. The number of nitrogens with zero attached hydrogens (tertiary/aromatic N) is 3. The zero-order chi connectivity index (χ0) is 23.5. The third-order valence-electron chi connectivity index (χ3n) is 5.57. The quantitative estimate of drug-likeness (QED) is 0.634. The molecule has 0 aliphatic heterocycles. The highest BCUT2D eigenvalue weighted by Gasteiger charge is 2.34. The van der Waals surface area contributed by atoms with Gasteiger partial charge in [-0.05, 0) is 56.7 Å². The van der Waals surface area contributed by atoms with E-state index in [9.17, 15) is 22.4 Å². The summed E-state index contributed by atoms with van der Waals surface area (Å²) in [4.78, 5) is 23.1. The van der Waals surface area contributed by atoms with Crippen LogP contribution in [0.25, 0.3) is 0 Å². The third kappa shape index (κ3) is 6.08. The molecule has 6 nitrogen and oxygen atoms in total. The van der Waals surface area contributed by atoms with Crippen molar-refractivity contribution >= 4 is 17.7 Å². The van der Waals surface area contributed by atoms with Crippen LogP contribution in [0.4, 0.5) is 29.3 Å². The Balaban J connectivity index is 1.48. The van der Waals surface area contributed by atoms with Crippen molar-refractivity contribution < 1.29 is 22.4 Å². The standard InChI is InChI=1S/C22H27F4N5O/c1-13-10-19(31(2)3)30-21(28-13)29-16-7-4-14(5-8-16)12-27-20(32)15-6-9-17(18(23)11-15)22(24,25)26/h6,9-11,14,16H,4-5,7-8,12H2,1-3H3,(H,27,32)(H,28,29,30)/t14-,16+. The molecule has 1 fully saturated rings. The zero-order valence-corrected chi connectivity index (χ0v) is 18.3. The minimum atomic E-state index is -4.79. The Morgan fingerprint density at radius 2 is 1.81 bits per heavy atom. The molecule has 0 unspecified atom stereocenters. The number of carbonyl (C=O) groups is 1. The number of aromatic nitrogens is 2. The fourth-order valence-corrected chi connectivity index (χ4v) is 3.76. The number of carbonyl (C=O) groups excluding carboxylic acids is 1. The fraction of sp³-hybridized carbons (Fsp3) is 0.500. The molecule has 0 saturated heterocycles. The largest absolute Gasteiger partial charge is 0.419 e. The molecule has 0 radical (unpaired) electrons. The van der Waals surface area contributed by atoms with Gasteiger partial charge in [-0.1, -0.05) is 0 Å². The highest BCUT2D eigenvalue weighted by atomic mass is 19.4. The maximum absolute atomic E-state index is 13.7. The Hall–Kier alpha value is -2.91. The molecular formula is C22H27F4N5O. The molecule has 1 amide bonds. The first kappa shape index (κ1) is 23.7. The minimum Gasteiger partial charge on any atom is -0.363 e. The first-order valence-electron chi connectivity index (χ1n) is 10.5. The van der Waals surface area contributed by atoms with E-state index in [-0.39, 0.29) is 17.5 Å². The SMILES string of the molecule is Cc1cc(N(C)C)nc(N[C@H]2CC[C@@H](CNC(=O)c3ccc(C(F)(F)F)c(F)c3)CC2)n1. The van der Waals surface area contributed by atoms with Gasteiger partial charge >= 0.3 is 6.18 Å². The van der Waals surface area contributed by atoms with Crippen molar-refractivity contribution in [2.24, 2.45) is 5.92 Å². The molecule has 1 saturated carbocycles. The summed E-state index contributed by atoms with van der Waals surface area (Å²) in [6, 6.07) is 4.35. The average molecular weight is 453 g/mol. The van der Waals surface area contributed by atoms with Gasteiger partial charge in [-0.15, -0.1) is 0 Å². The Morgan fingerprint density at radius 3 is 2.41 bits per heavy atom. The van der Waals surface area contributed by atoms with E-state index in [1.165, 1.54) is 0 Å². The van der Waals surface area contributed by atoms with Gasteiger partial charge in [0.05, 0.1) is 5.56 Å². The summed E-state index contributed by atoms with van der Waals surface area (Å²) in [5.41, 5.74) is -0.628. The van der Waals surface area contributed by atoms with Crippen molar-refractivity contribution in [3.63, 3.8) is 0 Å². The van der Waals surface area contributed by atoms with Gasteiger partial charge in [0.1, 0.15) is 11.6 Å². The van der Waals surface area contributed by atoms with Crippen molar-refractivity contribution in [1.82, 2.24) is 15.3 Å². The molecule has 3 rings (SSSR count). The van der Waals surface area contributed by atoms with E-state index in [1.807, 2.05) is 32.0 Å². The number of alkyl halides is 3. The van der Waals surface area contributed by atoms with Gasteiger partial charge < -0.3 is 15.5 Å². The van der Waals surface area contributed by atoms with Gasteiger partial charge in [-0.3, -0.25) is 4.79 Å². The number of amides is 1. The summed E-state index contributed by atoms with van der Waals surface area (Å²) in [5.74, 6) is -0.368. The molecule has 0 bridgehead atoms. The lowest BCUT2D eigenvalue weighted by atomic mass is 9.86. The maximum Gasteiger partial charge on any atom is 0.419 e. The Bertz CT molecular complexity index is 956. The summed E-state index contributed by atoms with van der Waals surface area (Å²) in [7, 11) is 3.84. The van der Waals surface area contributed by atoms with Crippen molar-refractivity contribution in [1.29, 1.82) is 0 Å². The topological polar surface area (TPSA) is 70.2 Å². The van der Waals surface area contributed by atoms with Gasteiger partial charge in [-0.2, -0.15) is 18.2 Å². The molecule has 2 N–H and O–H groups in total. The molecular weight excluding hydrogens is 426 g/mol. The van der Waals surface area contributed by atoms with Crippen LogP contribution in [0.1, 0.15) is 47.3 Å². The van der Waals surface area contributed by atoms with E-state index in [2.05, 4.69) is 20.6 Å². The van der Waals surface area contributed by atoms with Crippen LogP contribution in [-0.4, -0.2) is 42.6 Å². The van der Waals surface area contributed by atoms with Gasteiger partial charge in [0.15, 0.2) is 0 Å². The smallest absolute Gasteiger partial charge is 0.363 e. The molecule has 1 aliphatic rings. The van der Waals surface area contributed by atoms with E-state index in [0.29, 0.717) is 24.6 Å². The maximum atomic E-state index is 13.7. The fourth-order valence-electron chi connectivity index (χ4n) is 3.76. The van der Waals surface area contributed by atoms with E-state index in [1.54, 1.807) is 0 Å². The second-order valence-corrected chi connectivity index (χ2v) is 8.35. The van der Waals surface area contributed by atoms with Crippen LogP contribution < -0.4 is 15.5 Å². The summed E-state index contributed by atoms with van der Waals surface area (Å²) in [5, 5.41) is 6.09. The van der Waals surface area contributed by atoms with Crippen LogP contribution in [-0.2, 0) is 6.18 Å². The van der Waals surface area contributed by atoms with Gasteiger partial charge in [-0.25, -0.2) is 9.37 Å². The van der Waals surface area contributed by atoms with Crippen LogP contribution in [0.5, 0.6) is 0 Å². The summed E-state index contributed by atoms with van der Waals surface area (Å²) in [6.45, 7) is 2.31. The monoisotopic (exact) mass is 453 g/mol. The minimum absolute atomic E-state index is 0.126. The molecule has 0 spiro atoms. The van der Waals surface area contributed by atoms with Crippen molar-refractivity contribution in [2.45, 2.75) is 44.8 Å². The van der Waals surface area contributed by atoms with E-state index >= 15 is 0 Å². The third-order valence-corrected chi connectivity index (χ3v) is 5.57. The Kier molecular flexibility index (Phi) is 7.20. The van der Waals surface area contributed by atoms with E-state index in [4.69, 9.17) is 0 Å². The number of hydrogen-bond donors (Lipinski definition) is 2. The zero-order valence-electron chi connectivity index (χ0n) is 18.3. The van der Waals surface area contributed by atoms with Crippen LogP contribution in [0, 0.1) is 18.7 Å². The lowest BCUT2D eigenvalue weighted by Gasteiger charge is -2.29. The molecule has 1 aromatic heterocycles. The number of halogens is 4. The van der Waals surface area contributed by atoms with Crippen LogP contribution in [0.15, 0.2) is 24.3 Å². The molecule has 1 heterocycles. The van der Waals surface area contributed by atoms with Crippen LogP contribution in [0.2, 0.25) is 0 Å². The Morgan fingerprint density at radius 1 is 1.12 bits per heavy atom. The molecule has 32 heavy (non-hydrogen) atoms. The summed E-state index contributed by atoms with van der Waals surface area (Å²) in [6.07, 6.45) is -1.30. The molecule has 2 aromatic rings. The molecule has 174 valence electrons. The molecule has 0 atom stereocenters. The number of anilines is 2. The van der Waals surface area contributed by atoms with Crippen LogP contribution in [0.3, 0.4) is 0 Å². The molecule has 10 heteroatoms. The van der Waals surface area contributed by atoms with Crippen molar-refractivity contribution in [2.75, 3.05) is 30.9 Å². The number of benzene rings is 1. The number of nitrogens with one attached hydrogen (secondary N) is 2. The predicted molar refractivity (Wildman–Crippen MR) is 114 cm³/mol. The first-order valence-corrected chi connectivity index (χ1v) is 10.5.